The van der Waals surface area contributed by atoms with Crippen LogP contribution in [-0.2, 0) is 19.1 Å². The molecule has 0 saturated heterocycles. The van der Waals surface area contributed by atoms with Crippen LogP contribution in [0.5, 0.6) is 5.75 Å². The van der Waals surface area contributed by atoms with Gasteiger partial charge in [0.05, 0.1) is 12.9 Å². The molecule has 2 aromatic rings. The van der Waals surface area contributed by atoms with Gasteiger partial charge in [0.15, 0.2) is 6.61 Å². The molecule has 2 N–H and O–H groups in total. The van der Waals surface area contributed by atoms with Gasteiger partial charge in [-0.2, -0.15) is 0 Å². The number of methoxy groups -OCH3 is 1. The number of esters is 1. The zero-order chi connectivity index (χ0) is 21.2. The molecule has 0 radical (unpaired) electrons. The van der Waals surface area contributed by atoms with E-state index in [4.69, 9.17) is 9.47 Å². The van der Waals surface area contributed by atoms with Crippen LogP contribution in [0.25, 0.3) is 0 Å². The van der Waals surface area contributed by atoms with Crippen molar-refractivity contribution in [2.75, 3.05) is 30.1 Å². The van der Waals surface area contributed by atoms with E-state index in [0.717, 1.165) is 11.8 Å². The lowest BCUT2D eigenvalue weighted by Crippen LogP contribution is -2.26. The summed E-state index contributed by atoms with van der Waals surface area (Å²) in [6.45, 7) is 1.14. The molecule has 0 aliphatic carbocycles. The maximum Gasteiger partial charge on any atom is 0.319 e. The van der Waals surface area contributed by atoms with Crippen LogP contribution in [0.15, 0.2) is 48.5 Å². The third kappa shape index (κ3) is 7.82. The van der Waals surface area contributed by atoms with Gasteiger partial charge in [-0.15, -0.1) is 11.8 Å². The van der Waals surface area contributed by atoms with Crippen molar-refractivity contribution in [1.82, 2.24) is 0 Å². The van der Waals surface area contributed by atoms with Gasteiger partial charge >= 0.3 is 5.97 Å². The highest BCUT2D eigenvalue weighted by atomic mass is 32.2. The number of hydrogen-bond acceptors (Lipinski definition) is 6. The molecule has 1 unspecified atom stereocenters. The van der Waals surface area contributed by atoms with Crippen molar-refractivity contribution >= 4 is 40.9 Å². The molecule has 0 heterocycles. The van der Waals surface area contributed by atoms with Crippen molar-refractivity contribution in [1.29, 1.82) is 0 Å². The molecule has 0 fully saturated rings. The highest BCUT2D eigenvalue weighted by Crippen LogP contribution is 2.17. The minimum absolute atomic E-state index is 0.00362. The summed E-state index contributed by atoms with van der Waals surface area (Å²) in [4.78, 5) is 35.8. The Morgan fingerprint density at radius 3 is 2.41 bits per heavy atom. The van der Waals surface area contributed by atoms with E-state index in [9.17, 15) is 18.8 Å². The van der Waals surface area contributed by atoms with Crippen LogP contribution in [0.3, 0.4) is 0 Å². The van der Waals surface area contributed by atoms with E-state index in [1.165, 1.54) is 31.4 Å². The third-order valence-electron chi connectivity index (χ3n) is 3.62. The zero-order valence-electron chi connectivity index (χ0n) is 15.9. The van der Waals surface area contributed by atoms with E-state index in [2.05, 4.69) is 10.6 Å². The van der Waals surface area contributed by atoms with Crippen molar-refractivity contribution in [3.8, 4) is 5.75 Å². The van der Waals surface area contributed by atoms with Crippen LogP contribution in [-0.4, -0.2) is 42.5 Å². The van der Waals surface area contributed by atoms with E-state index < -0.39 is 29.6 Å². The Bertz CT molecular complexity index is 860. The Labute approximate surface area is 172 Å². The molecular weight excluding hydrogens is 399 g/mol. The number of thioether (sulfide) groups is 1. The number of amides is 2. The molecule has 2 aromatic carbocycles. The number of ether oxygens (including phenoxy) is 2. The van der Waals surface area contributed by atoms with Crippen molar-refractivity contribution < 1.29 is 28.2 Å². The van der Waals surface area contributed by atoms with Gasteiger partial charge in [-0.3, -0.25) is 14.4 Å². The molecule has 0 bridgehead atoms. The molecule has 0 aliphatic rings. The van der Waals surface area contributed by atoms with Crippen LogP contribution < -0.4 is 15.4 Å². The van der Waals surface area contributed by atoms with Gasteiger partial charge in [0.1, 0.15) is 16.8 Å². The topological polar surface area (TPSA) is 93.7 Å². The van der Waals surface area contributed by atoms with Gasteiger partial charge in [-0.25, -0.2) is 4.39 Å². The van der Waals surface area contributed by atoms with Gasteiger partial charge < -0.3 is 20.1 Å². The number of carbonyl (C=O) groups excluding carboxylic acids is 3. The van der Waals surface area contributed by atoms with Crippen molar-refractivity contribution in [2.45, 2.75) is 12.2 Å². The van der Waals surface area contributed by atoms with Crippen LogP contribution in [0.4, 0.5) is 15.8 Å². The predicted molar refractivity (Wildman–Crippen MR) is 110 cm³/mol. The molecule has 154 valence electrons. The minimum Gasteiger partial charge on any atom is -0.497 e. The molecule has 9 heteroatoms. The normalized spacial score (nSPS) is 11.3. The van der Waals surface area contributed by atoms with Gasteiger partial charge in [0.25, 0.3) is 5.91 Å². The van der Waals surface area contributed by atoms with Crippen LogP contribution >= 0.6 is 11.8 Å². The van der Waals surface area contributed by atoms with Crippen LogP contribution in [0.2, 0.25) is 0 Å². The highest BCUT2D eigenvalue weighted by molar-refractivity contribution is 8.01. The molecular formula is C20H21FN2O5S. The summed E-state index contributed by atoms with van der Waals surface area (Å²) < 4.78 is 22.9. The van der Waals surface area contributed by atoms with Crippen molar-refractivity contribution in [3.63, 3.8) is 0 Å². The Kier molecular flexibility index (Phi) is 8.47. The van der Waals surface area contributed by atoms with E-state index >= 15 is 0 Å². The number of rotatable bonds is 9. The molecule has 0 spiro atoms. The number of hydrogen-bond donors (Lipinski definition) is 2. The fraction of sp³-hybridized carbons (Fsp3) is 0.250. The Morgan fingerprint density at radius 1 is 1.03 bits per heavy atom. The molecule has 2 amide bonds. The van der Waals surface area contributed by atoms with E-state index in [1.807, 2.05) is 0 Å². The van der Waals surface area contributed by atoms with Crippen LogP contribution in [0.1, 0.15) is 6.92 Å². The predicted octanol–water partition coefficient (Wildman–Crippen LogP) is 3.08. The average molecular weight is 420 g/mol. The summed E-state index contributed by atoms with van der Waals surface area (Å²) in [6, 6.07) is 12.1. The van der Waals surface area contributed by atoms with Gasteiger partial charge in [0, 0.05) is 17.4 Å². The first-order chi connectivity index (χ1) is 13.9. The van der Waals surface area contributed by atoms with Gasteiger partial charge in [-0.05, 0) is 43.3 Å². The first-order valence-electron chi connectivity index (χ1n) is 8.65. The number of nitrogens with one attached hydrogen (secondary N) is 2. The van der Waals surface area contributed by atoms with Crippen molar-refractivity contribution in [2.24, 2.45) is 0 Å². The Morgan fingerprint density at radius 2 is 1.72 bits per heavy atom. The summed E-state index contributed by atoms with van der Waals surface area (Å²) in [7, 11) is 1.52. The summed E-state index contributed by atoms with van der Waals surface area (Å²) in [5, 5.41) is 4.56. The van der Waals surface area contributed by atoms with E-state index in [0.29, 0.717) is 17.1 Å². The second kappa shape index (κ2) is 11.1. The van der Waals surface area contributed by atoms with Crippen LogP contribution in [0, 0.1) is 5.82 Å². The maximum atomic E-state index is 12.9. The second-order valence-electron chi connectivity index (χ2n) is 5.90. The first kappa shape index (κ1) is 22.2. The summed E-state index contributed by atoms with van der Waals surface area (Å²) >= 11 is 1.07. The third-order valence-corrected chi connectivity index (χ3v) is 4.74. The molecule has 29 heavy (non-hydrogen) atoms. The first-order valence-corrected chi connectivity index (χ1v) is 9.70. The molecule has 1 atom stereocenters. The summed E-state index contributed by atoms with van der Waals surface area (Å²) in [5.74, 6) is -1.24. The molecule has 0 aliphatic heterocycles. The number of carbonyl (C=O) groups is 3. The molecule has 2 rings (SSSR count). The van der Waals surface area contributed by atoms with Gasteiger partial charge in [0.2, 0.25) is 5.91 Å². The van der Waals surface area contributed by atoms with E-state index in [-0.39, 0.29) is 11.7 Å². The quantitative estimate of drug-likeness (QED) is 0.606. The van der Waals surface area contributed by atoms with Gasteiger partial charge in [-0.1, -0.05) is 6.07 Å². The molecule has 7 nitrogen and oxygen atoms in total. The largest absolute Gasteiger partial charge is 0.497 e. The minimum atomic E-state index is -0.640. The van der Waals surface area contributed by atoms with E-state index in [1.54, 1.807) is 31.2 Å². The lowest BCUT2D eigenvalue weighted by Gasteiger charge is -2.12. The molecule has 0 saturated carbocycles. The number of halogens is 1. The summed E-state index contributed by atoms with van der Waals surface area (Å²) in [6.07, 6.45) is 0. The smallest absolute Gasteiger partial charge is 0.319 e. The lowest BCUT2D eigenvalue weighted by atomic mass is 10.3. The maximum absolute atomic E-state index is 12.9. The zero-order valence-corrected chi connectivity index (χ0v) is 16.8. The second-order valence-corrected chi connectivity index (χ2v) is 7.23. The number of benzene rings is 2. The standard InChI is InChI=1S/C20H21FN2O5S/c1-13(29-12-19(25)22-15-8-6-14(21)7-9-15)20(26)28-11-18(24)23-16-4-3-5-17(10-16)27-2/h3-10,13H,11-12H2,1-2H3,(H,22,25)(H,23,24). The fourth-order valence-electron chi connectivity index (χ4n) is 2.15. The molecule has 0 aromatic heterocycles. The monoisotopic (exact) mass is 420 g/mol. The average Bonchev–Trinajstić information content (AvgIpc) is 2.72. The van der Waals surface area contributed by atoms with Crippen molar-refractivity contribution in [3.05, 3.63) is 54.3 Å². The fourth-order valence-corrected chi connectivity index (χ4v) is 2.83. The number of anilines is 2. The highest BCUT2D eigenvalue weighted by Gasteiger charge is 2.18. The Balaban J connectivity index is 1.70. The summed E-state index contributed by atoms with van der Waals surface area (Å²) in [5.41, 5.74) is 0.978. The Hall–Kier alpha value is -3.07. The lowest BCUT2D eigenvalue weighted by molar-refractivity contribution is -0.146. The SMILES string of the molecule is COc1cccc(NC(=O)COC(=O)C(C)SCC(=O)Nc2ccc(F)cc2)c1.